The van der Waals surface area contributed by atoms with Gasteiger partial charge in [-0.05, 0) is 12.5 Å². The van der Waals surface area contributed by atoms with Crippen molar-refractivity contribution in [2.45, 2.75) is 31.3 Å². The van der Waals surface area contributed by atoms with Crippen molar-refractivity contribution < 1.29 is 27.5 Å². The standard InChI is InChI=1S/C14H17F3N4O3/c1-19-9-6-20(4-2-10(9)24-8-13(19)23)12(22)7-21-5-3-11(18-21)14(15,16)17/h3,5,9-10H,2,4,6-8H2,1H3/t9-,10+/m0/s1. The number of ether oxygens (including phenoxy) is 1. The topological polar surface area (TPSA) is 67.7 Å². The lowest BCUT2D eigenvalue weighted by Crippen LogP contribution is -2.61. The van der Waals surface area contributed by atoms with Crippen molar-refractivity contribution in [3.05, 3.63) is 18.0 Å². The van der Waals surface area contributed by atoms with Crippen molar-refractivity contribution in [3.8, 4) is 0 Å². The number of carbonyl (C=O) groups excluding carboxylic acids is 2. The number of likely N-dealkylation sites (tertiary alicyclic amines) is 1. The summed E-state index contributed by atoms with van der Waals surface area (Å²) >= 11 is 0. The Labute approximate surface area is 135 Å². The number of amides is 2. The van der Waals surface area contributed by atoms with Crippen LogP contribution in [0.15, 0.2) is 12.3 Å². The first-order chi connectivity index (χ1) is 11.3. The van der Waals surface area contributed by atoms with E-state index in [1.807, 2.05) is 0 Å². The Bertz CT molecular complexity index is 645. The number of hydrogen-bond acceptors (Lipinski definition) is 4. The number of piperidine rings is 1. The van der Waals surface area contributed by atoms with Gasteiger partial charge in [0.15, 0.2) is 5.69 Å². The van der Waals surface area contributed by atoms with E-state index in [4.69, 9.17) is 4.74 Å². The molecule has 2 aliphatic heterocycles. The maximum atomic E-state index is 12.5. The SMILES string of the molecule is CN1C(=O)CO[C@@H]2CCN(C(=O)Cn3ccc(C(F)(F)F)n3)C[C@@H]21. The molecule has 0 aliphatic carbocycles. The molecule has 3 heterocycles. The summed E-state index contributed by atoms with van der Waals surface area (Å²) in [7, 11) is 1.67. The van der Waals surface area contributed by atoms with Crippen LogP contribution in [0, 0.1) is 0 Å². The Morgan fingerprint density at radius 1 is 1.46 bits per heavy atom. The highest BCUT2D eigenvalue weighted by Crippen LogP contribution is 2.27. The van der Waals surface area contributed by atoms with Gasteiger partial charge in [-0.25, -0.2) is 0 Å². The highest BCUT2D eigenvalue weighted by atomic mass is 19.4. The number of hydrogen-bond donors (Lipinski definition) is 0. The molecule has 0 aromatic carbocycles. The highest BCUT2D eigenvalue weighted by Gasteiger charge is 2.40. The molecule has 132 valence electrons. The maximum absolute atomic E-state index is 12.5. The molecule has 24 heavy (non-hydrogen) atoms. The third kappa shape index (κ3) is 3.23. The molecule has 0 bridgehead atoms. The Morgan fingerprint density at radius 3 is 2.88 bits per heavy atom. The Morgan fingerprint density at radius 2 is 2.21 bits per heavy atom. The zero-order chi connectivity index (χ0) is 17.5. The summed E-state index contributed by atoms with van der Waals surface area (Å²) in [6, 6.07) is 0.605. The number of aromatic nitrogens is 2. The van der Waals surface area contributed by atoms with Crippen LogP contribution in [0.2, 0.25) is 0 Å². The predicted octanol–water partition coefficient (Wildman–Crippen LogP) is 0.360. The van der Waals surface area contributed by atoms with Crippen molar-refractivity contribution in [2.24, 2.45) is 0 Å². The zero-order valence-electron chi connectivity index (χ0n) is 13.0. The largest absolute Gasteiger partial charge is 0.435 e. The van der Waals surface area contributed by atoms with E-state index in [9.17, 15) is 22.8 Å². The van der Waals surface area contributed by atoms with Crippen LogP contribution in [-0.4, -0.2) is 70.3 Å². The molecule has 0 N–H and O–H groups in total. The first kappa shape index (κ1) is 16.7. The van der Waals surface area contributed by atoms with Crippen LogP contribution in [0.5, 0.6) is 0 Å². The average Bonchev–Trinajstić information content (AvgIpc) is 2.99. The zero-order valence-corrected chi connectivity index (χ0v) is 13.0. The minimum Gasteiger partial charge on any atom is -0.366 e. The van der Waals surface area contributed by atoms with Gasteiger partial charge < -0.3 is 14.5 Å². The molecule has 0 radical (unpaired) electrons. The van der Waals surface area contributed by atoms with E-state index in [-0.39, 0.29) is 37.1 Å². The molecule has 0 spiro atoms. The van der Waals surface area contributed by atoms with Crippen molar-refractivity contribution in [1.82, 2.24) is 19.6 Å². The molecular formula is C14H17F3N4O3. The second-order valence-corrected chi connectivity index (χ2v) is 5.95. The number of halogens is 3. The van der Waals surface area contributed by atoms with Crippen LogP contribution < -0.4 is 0 Å². The molecule has 0 unspecified atom stereocenters. The van der Waals surface area contributed by atoms with Crippen molar-refractivity contribution >= 4 is 11.8 Å². The van der Waals surface area contributed by atoms with E-state index in [0.29, 0.717) is 19.5 Å². The van der Waals surface area contributed by atoms with Crippen LogP contribution >= 0.6 is 0 Å². The lowest BCUT2D eigenvalue weighted by Gasteiger charge is -2.45. The monoisotopic (exact) mass is 346 g/mol. The van der Waals surface area contributed by atoms with Gasteiger partial charge in [0.05, 0.1) is 12.1 Å². The van der Waals surface area contributed by atoms with Gasteiger partial charge in [-0.15, -0.1) is 0 Å². The summed E-state index contributed by atoms with van der Waals surface area (Å²) < 4.78 is 44.1. The van der Waals surface area contributed by atoms with Crippen molar-refractivity contribution in [3.63, 3.8) is 0 Å². The van der Waals surface area contributed by atoms with E-state index in [0.717, 1.165) is 16.9 Å². The summed E-state index contributed by atoms with van der Waals surface area (Å²) in [6.45, 7) is 0.514. The van der Waals surface area contributed by atoms with Gasteiger partial charge in [-0.2, -0.15) is 18.3 Å². The van der Waals surface area contributed by atoms with Gasteiger partial charge in [0.1, 0.15) is 13.2 Å². The molecule has 2 amide bonds. The molecule has 7 nitrogen and oxygen atoms in total. The van der Waals surface area contributed by atoms with Crippen LogP contribution in [0.1, 0.15) is 12.1 Å². The predicted molar refractivity (Wildman–Crippen MR) is 74.7 cm³/mol. The van der Waals surface area contributed by atoms with Gasteiger partial charge in [-0.3, -0.25) is 14.3 Å². The Hall–Kier alpha value is -2.10. The van der Waals surface area contributed by atoms with E-state index in [1.165, 1.54) is 4.90 Å². The number of rotatable bonds is 2. The van der Waals surface area contributed by atoms with Crippen LogP contribution in [-0.2, 0) is 27.0 Å². The van der Waals surface area contributed by atoms with Gasteiger partial charge in [-0.1, -0.05) is 0 Å². The molecular weight excluding hydrogens is 329 g/mol. The van der Waals surface area contributed by atoms with Crippen molar-refractivity contribution in [2.75, 3.05) is 26.7 Å². The summed E-state index contributed by atoms with van der Waals surface area (Å²) in [5, 5.41) is 3.38. The molecule has 0 saturated carbocycles. The summed E-state index contributed by atoms with van der Waals surface area (Å²) in [5.41, 5.74) is -1.03. The number of carbonyl (C=O) groups is 2. The van der Waals surface area contributed by atoms with E-state index in [1.54, 1.807) is 11.9 Å². The lowest BCUT2D eigenvalue weighted by atomic mass is 9.99. The molecule has 2 fully saturated rings. The van der Waals surface area contributed by atoms with Crippen molar-refractivity contribution in [1.29, 1.82) is 0 Å². The minimum atomic E-state index is -4.53. The molecule has 1 aromatic heterocycles. The summed E-state index contributed by atoms with van der Waals surface area (Å²) in [6.07, 6.45) is -2.93. The molecule has 10 heteroatoms. The molecule has 2 aliphatic rings. The molecule has 3 rings (SSSR count). The van der Waals surface area contributed by atoms with Gasteiger partial charge >= 0.3 is 6.18 Å². The number of alkyl halides is 3. The van der Waals surface area contributed by atoms with Gasteiger partial charge in [0.2, 0.25) is 11.8 Å². The molecule has 2 atom stereocenters. The van der Waals surface area contributed by atoms with Crippen LogP contribution in [0.25, 0.3) is 0 Å². The third-order valence-electron chi connectivity index (χ3n) is 4.41. The summed E-state index contributed by atoms with van der Waals surface area (Å²) in [4.78, 5) is 27.1. The number of fused-ring (bicyclic) bond motifs is 1. The fourth-order valence-electron chi connectivity index (χ4n) is 3.01. The van der Waals surface area contributed by atoms with Crippen LogP contribution in [0.3, 0.4) is 0 Å². The fourth-order valence-corrected chi connectivity index (χ4v) is 3.01. The second-order valence-electron chi connectivity index (χ2n) is 5.95. The average molecular weight is 346 g/mol. The van der Waals surface area contributed by atoms with Gasteiger partial charge in [0.25, 0.3) is 0 Å². The molecule has 1 aromatic rings. The Balaban J connectivity index is 1.63. The smallest absolute Gasteiger partial charge is 0.366 e. The fraction of sp³-hybridized carbons (Fsp3) is 0.643. The first-order valence-corrected chi connectivity index (χ1v) is 7.51. The number of morpholine rings is 1. The first-order valence-electron chi connectivity index (χ1n) is 7.51. The van der Waals surface area contributed by atoms with Gasteiger partial charge in [0, 0.05) is 26.3 Å². The van der Waals surface area contributed by atoms with Crippen LogP contribution in [0.4, 0.5) is 13.2 Å². The van der Waals surface area contributed by atoms with E-state index < -0.39 is 11.9 Å². The molecule has 2 saturated heterocycles. The third-order valence-corrected chi connectivity index (χ3v) is 4.41. The quantitative estimate of drug-likeness (QED) is 0.776. The normalized spacial score (nSPS) is 24.9. The maximum Gasteiger partial charge on any atom is 0.435 e. The minimum absolute atomic E-state index is 0.0408. The van der Waals surface area contributed by atoms with E-state index >= 15 is 0 Å². The number of nitrogens with zero attached hydrogens (tertiary/aromatic N) is 4. The lowest BCUT2D eigenvalue weighted by molar-refractivity contribution is -0.163. The number of likely N-dealkylation sites (N-methyl/N-ethyl adjacent to an activating group) is 1. The second kappa shape index (κ2) is 6.08. The van der Waals surface area contributed by atoms with E-state index in [2.05, 4.69) is 5.10 Å². The Kier molecular flexibility index (Phi) is 4.24. The highest BCUT2D eigenvalue weighted by molar-refractivity contribution is 5.79. The summed E-state index contributed by atoms with van der Waals surface area (Å²) in [5.74, 6) is -0.482.